The smallest absolute Gasteiger partial charge is 0.462 e. The Labute approximate surface area is 549 Å². The van der Waals surface area contributed by atoms with E-state index < -0.39 is 97.5 Å². The minimum atomic E-state index is -4.95. The van der Waals surface area contributed by atoms with E-state index in [1.54, 1.807) is 0 Å². The van der Waals surface area contributed by atoms with Gasteiger partial charge in [-0.3, -0.25) is 37.3 Å². The number of phosphoric acid groups is 2. The lowest BCUT2D eigenvalue weighted by Crippen LogP contribution is -2.30. The quantitative estimate of drug-likeness (QED) is 0.0222. The SMILES string of the molecule is CCCCCCCCCCCCCCCCCCCCCCCC(=O)O[C@H](COC(=O)CCCCCCCCCCCCCC(C)C)COP(=O)(O)OC[C@@H](O)COP(=O)(O)OC[C@@H](COC(=O)CCCCCCCCC)OC(=O)CCCCCCCCCC. The minimum absolute atomic E-state index is 0.105. The third-order valence-electron chi connectivity index (χ3n) is 16.5. The van der Waals surface area contributed by atoms with Crippen molar-refractivity contribution in [1.29, 1.82) is 0 Å². The van der Waals surface area contributed by atoms with Crippen LogP contribution in [-0.4, -0.2) is 96.7 Å². The molecule has 0 aliphatic carbocycles. The second kappa shape index (κ2) is 64.4. The average Bonchev–Trinajstić information content (AvgIpc) is 3.28. The number of hydrogen-bond acceptors (Lipinski definition) is 15. The zero-order valence-electron chi connectivity index (χ0n) is 58.3. The van der Waals surface area contributed by atoms with Gasteiger partial charge in [-0.05, 0) is 31.6 Å². The number of aliphatic hydroxyl groups is 1. The molecule has 17 nitrogen and oxygen atoms in total. The summed E-state index contributed by atoms with van der Waals surface area (Å²) >= 11 is 0. The molecule has 0 aromatic carbocycles. The highest BCUT2D eigenvalue weighted by Crippen LogP contribution is 2.45. The van der Waals surface area contributed by atoms with Crippen molar-refractivity contribution in [3.05, 3.63) is 0 Å². The fraction of sp³-hybridized carbons (Fsp3) is 0.944. The molecule has 0 bridgehead atoms. The molecule has 0 fully saturated rings. The monoisotopic (exact) mass is 1320 g/mol. The van der Waals surface area contributed by atoms with Crippen molar-refractivity contribution in [1.82, 2.24) is 0 Å². The Hall–Kier alpha value is -1.94. The highest BCUT2D eigenvalue weighted by molar-refractivity contribution is 7.47. The number of phosphoric ester groups is 2. The molecule has 2 unspecified atom stereocenters. The van der Waals surface area contributed by atoms with Crippen molar-refractivity contribution in [3.63, 3.8) is 0 Å². The van der Waals surface area contributed by atoms with Crippen LogP contribution in [0.4, 0.5) is 0 Å². The molecular formula is C71H138O17P2. The molecule has 0 saturated heterocycles. The summed E-state index contributed by atoms with van der Waals surface area (Å²) in [5.74, 6) is -1.36. The first-order valence-electron chi connectivity index (χ1n) is 37.1. The molecule has 90 heavy (non-hydrogen) atoms. The van der Waals surface area contributed by atoms with E-state index in [0.29, 0.717) is 25.7 Å². The number of unbranched alkanes of at least 4 members (excludes halogenated alkanes) is 43. The van der Waals surface area contributed by atoms with Crippen LogP contribution in [0.5, 0.6) is 0 Å². The van der Waals surface area contributed by atoms with Crippen molar-refractivity contribution < 1.29 is 80.2 Å². The first-order chi connectivity index (χ1) is 43.5. The average molecular weight is 1330 g/mol. The zero-order valence-corrected chi connectivity index (χ0v) is 60.1. The molecule has 0 aromatic rings. The van der Waals surface area contributed by atoms with E-state index in [4.69, 9.17) is 37.0 Å². The van der Waals surface area contributed by atoms with Crippen LogP contribution >= 0.6 is 15.6 Å². The predicted octanol–water partition coefficient (Wildman–Crippen LogP) is 20.5. The number of aliphatic hydroxyl groups excluding tert-OH is 1. The summed E-state index contributed by atoms with van der Waals surface area (Å²) in [5.41, 5.74) is 0. The number of carbonyl (C=O) groups is 4. The van der Waals surface area contributed by atoms with Gasteiger partial charge in [0, 0.05) is 25.7 Å². The summed E-state index contributed by atoms with van der Waals surface area (Å²) in [5, 5.41) is 10.6. The van der Waals surface area contributed by atoms with Crippen LogP contribution in [0.3, 0.4) is 0 Å². The maximum Gasteiger partial charge on any atom is 0.472 e. The molecule has 0 rings (SSSR count). The first kappa shape index (κ1) is 88.1. The lowest BCUT2D eigenvalue weighted by molar-refractivity contribution is -0.161. The fourth-order valence-corrected chi connectivity index (χ4v) is 12.4. The van der Waals surface area contributed by atoms with E-state index in [0.717, 1.165) is 115 Å². The molecule has 0 spiro atoms. The van der Waals surface area contributed by atoms with Gasteiger partial charge in [0.05, 0.1) is 26.4 Å². The molecular weight excluding hydrogens is 1190 g/mol. The second-order valence-electron chi connectivity index (χ2n) is 26.1. The highest BCUT2D eigenvalue weighted by atomic mass is 31.2. The number of rotatable bonds is 71. The molecule has 0 amide bonds. The molecule has 3 N–H and O–H groups in total. The van der Waals surface area contributed by atoms with E-state index in [2.05, 4.69) is 34.6 Å². The van der Waals surface area contributed by atoms with Gasteiger partial charge in [-0.2, -0.15) is 0 Å². The summed E-state index contributed by atoms with van der Waals surface area (Å²) in [6, 6.07) is 0. The Morgan fingerprint density at radius 1 is 0.300 bits per heavy atom. The van der Waals surface area contributed by atoms with Crippen molar-refractivity contribution in [2.45, 2.75) is 387 Å². The van der Waals surface area contributed by atoms with Gasteiger partial charge in [0.25, 0.3) is 0 Å². The number of esters is 4. The molecule has 0 heterocycles. The van der Waals surface area contributed by atoms with Gasteiger partial charge in [-0.25, -0.2) is 9.13 Å². The minimum Gasteiger partial charge on any atom is -0.462 e. The summed E-state index contributed by atoms with van der Waals surface area (Å²) < 4.78 is 68.1. The van der Waals surface area contributed by atoms with Gasteiger partial charge in [0.1, 0.15) is 19.3 Å². The van der Waals surface area contributed by atoms with Crippen LogP contribution in [0.15, 0.2) is 0 Å². The third kappa shape index (κ3) is 64.8. The Kier molecular flexibility index (Phi) is 63.0. The molecule has 5 atom stereocenters. The van der Waals surface area contributed by atoms with E-state index in [-0.39, 0.29) is 25.7 Å². The zero-order chi connectivity index (χ0) is 66.3. The summed E-state index contributed by atoms with van der Waals surface area (Å²) in [7, 11) is -9.89. The lowest BCUT2D eigenvalue weighted by atomic mass is 10.0. The van der Waals surface area contributed by atoms with Gasteiger partial charge in [0.2, 0.25) is 0 Å². The Bertz CT molecular complexity index is 1740. The van der Waals surface area contributed by atoms with Gasteiger partial charge < -0.3 is 33.8 Å². The van der Waals surface area contributed by atoms with Crippen LogP contribution < -0.4 is 0 Å². The van der Waals surface area contributed by atoms with Crippen LogP contribution in [0.1, 0.15) is 369 Å². The van der Waals surface area contributed by atoms with Gasteiger partial charge in [-0.15, -0.1) is 0 Å². The first-order valence-corrected chi connectivity index (χ1v) is 40.1. The van der Waals surface area contributed by atoms with E-state index in [1.165, 1.54) is 173 Å². The van der Waals surface area contributed by atoms with Crippen molar-refractivity contribution >= 4 is 39.5 Å². The molecule has 0 aromatic heterocycles. The molecule has 534 valence electrons. The van der Waals surface area contributed by atoms with Crippen LogP contribution in [0.2, 0.25) is 0 Å². The summed E-state index contributed by atoms with van der Waals surface area (Å²) in [6.07, 6.45) is 51.7. The van der Waals surface area contributed by atoms with Crippen molar-refractivity contribution in [2.75, 3.05) is 39.6 Å². The van der Waals surface area contributed by atoms with E-state index in [9.17, 15) is 43.2 Å². The van der Waals surface area contributed by atoms with Crippen LogP contribution in [0, 0.1) is 5.92 Å². The van der Waals surface area contributed by atoms with Gasteiger partial charge in [0.15, 0.2) is 12.2 Å². The lowest BCUT2D eigenvalue weighted by Gasteiger charge is -2.21. The topological polar surface area (TPSA) is 237 Å². The maximum absolute atomic E-state index is 13.0. The molecule has 0 aliphatic heterocycles. The highest BCUT2D eigenvalue weighted by Gasteiger charge is 2.30. The molecule has 0 radical (unpaired) electrons. The summed E-state index contributed by atoms with van der Waals surface area (Å²) in [6.45, 7) is 7.18. The maximum atomic E-state index is 13.0. The predicted molar refractivity (Wildman–Crippen MR) is 363 cm³/mol. The van der Waals surface area contributed by atoms with Gasteiger partial charge in [-0.1, -0.05) is 317 Å². The fourth-order valence-electron chi connectivity index (χ4n) is 10.8. The standard InChI is InChI=1S/C71H138O17P2/c1-6-9-12-15-18-20-21-22-23-24-25-26-27-28-29-30-33-37-42-47-52-57-71(76)88-67(61-82-69(74)55-50-45-41-36-34-31-32-35-39-43-48-53-64(4)5)63-86-90(79,80)84-59-65(72)58-83-89(77,78)85-62-66(60-81-68(73)54-49-44-38-17-14-11-8-3)87-70(75)56-51-46-40-19-16-13-10-7-2/h64-67,72H,6-63H2,1-5H3,(H,77,78)(H,79,80)/t65-,66+,67+/m0/s1. The third-order valence-corrected chi connectivity index (χ3v) is 18.4. The van der Waals surface area contributed by atoms with E-state index >= 15 is 0 Å². The largest absolute Gasteiger partial charge is 0.472 e. The second-order valence-corrected chi connectivity index (χ2v) is 29.0. The number of ether oxygens (including phenoxy) is 4. The number of hydrogen-bond donors (Lipinski definition) is 3. The Balaban J connectivity index is 5.12. The van der Waals surface area contributed by atoms with Gasteiger partial charge >= 0.3 is 39.5 Å². The Morgan fingerprint density at radius 3 is 0.756 bits per heavy atom. The molecule has 0 saturated carbocycles. The number of carbonyl (C=O) groups excluding carboxylic acids is 4. The van der Waals surface area contributed by atoms with Crippen molar-refractivity contribution in [3.8, 4) is 0 Å². The summed E-state index contributed by atoms with van der Waals surface area (Å²) in [4.78, 5) is 72.3. The van der Waals surface area contributed by atoms with Crippen molar-refractivity contribution in [2.24, 2.45) is 5.92 Å². The van der Waals surface area contributed by atoms with E-state index in [1.807, 2.05) is 0 Å². The van der Waals surface area contributed by atoms with Crippen LogP contribution in [-0.2, 0) is 65.4 Å². The Morgan fingerprint density at radius 2 is 0.511 bits per heavy atom. The van der Waals surface area contributed by atoms with Crippen LogP contribution in [0.25, 0.3) is 0 Å². The molecule has 19 heteroatoms. The normalized spacial score (nSPS) is 14.1. The molecule has 0 aliphatic rings.